The van der Waals surface area contributed by atoms with Gasteiger partial charge in [-0.3, -0.25) is 14.9 Å². The quantitative estimate of drug-likeness (QED) is 0.165. The number of carboxylic acid groups (broad SMARTS) is 1. The zero-order chi connectivity index (χ0) is 25.2. The fraction of sp³-hybridized carbons (Fsp3) is 0.150. The molecule has 0 aliphatic carbocycles. The van der Waals surface area contributed by atoms with Crippen LogP contribution < -0.4 is 10.6 Å². The molecule has 0 spiro atoms. The van der Waals surface area contributed by atoms with E-state index in [1.54, 1.807) is 38.1 Å². The number of hydrogen-bond donors (Lipinski definition) is 3. The van der Waals surface area contributed by atoms with Crippen molar-refractivity contribution in [1.82, 2.24) is 10.2 Å². The van der Waals surface area contributed by atoms with Crippen LogP contribution in [0.4, 0.5) is 10.8 Å². The van der Waals surface area contributed by atoms with E-state index < -0.39 is 33.3 Å². The molecule has 0 aliphatic heterocycles. The molecule has 0 bridgehead atoms. The summed E-state index contributed by atoms with van der Waals surface area (Å²) in [5.41, 5.74) is -0.620. The van der Waals surface area contributed by atoms with Gasteiger partial charge >= 0.3 is 5.97 Å². The van der Waals surface area contributed by atoms with Crippen molar-refractivity contribution in [3.8, 4) is 0 Å². The van der Waals surface area contributed by atoms with E-state index >= 15 is 0 Å². The molecule has 1 heterocycles. The number of thioether (sulfide) groups is 1. The number of aromatic carboxylic acids is 1. The highest BCUT2D eigenvalue weighted by molar-refractivity contribution is 8.00. The summed E-state index contributed by atoms with van der Waals surface area (Å²) in [6, 6.07) is 6.57. The maximum Gasteiger partial charge on any atom is 0.338 e. The second-order valence-corrected chi connectivity index (χ2v) is 10.8. The number of carboxylic acids is 1. The number of anilines is 2. The van der Waals surface area contributed by atoms with Crippen molar-refractivity contribution in [2.24, 2.45) is 0 Å². The largest absolute Gasteiger partial charge is 0.478 e. The van der Waals surface area contributed by atoms with Gasteiger partial charge in [-0.25, -0.2) is 4.79 Å². The topological polar surface area (TPSA) is 121 Å². The molecule has 0 radical (unpaired) electrons. The number of carbonyl (C=O) groups is 3. The van der Waals surface area contributed by atoms with Gasteiger partial charge in [0.25, 0.3) is 5.91 Å². The third kappa shape index (κ3) is 5.94. The van der Waals surface area contributed by atoms with E-state index in [0.29, 0.717) is 10.8 Å². The van der Waals surface area contributed by atoms with E-state index in [1.165, 1.54) is 23.1 Å². The zero-order valence-electron chi connectivity index (χ0n) is 17.3. The minimum atomic E-state index is -1.49. The summed E-state index contributed by atoms with van der Waals surface area (Å²) in [4.78, 5) is 37.6. The molecule has 14 heteroatoms. The lowest BCUT2D eigenvalue weighted by molar-refractivity contribution is -0.115. The number of halogens is 4. The second kappa shape index (κ2) is 11.1. The predicted molar refractivity (Wildman–Crippen MR) is 136 cm³/mol. The molecule has 1 aromatic heterocycles. The molecule has 0 saturated carbocycles. The summed E-state index contributed by atoms with van der Waals surface area (Å²) in [5, 5.41) is 22.0. The van der Waals surface area contributed by atoms with Crippen LogP contribution in [0.5, 0.6) is 0 Å². The highest BCUT2D eigenvalue weighted by atomic mass is 35.5. The third-order valence-corrected chi connectivity index (χ3v) is 7.93. The first-order valence-corrected chi connectivity index (χ1v) is 12.5. The molecule has 0 saturated heterocycles. The zero-order valence-corrected chi connectivity index (χ0v) is 21.9. The Balaban J connectivity index is 1.72. The van der Waals surface area contributed by atoms with E-state index in [9.17, 15) is 19.5 Å². The smallest absolute Gasteiger partial charge is 0.338 e. The molecule has 2 amide bonds. The molecule has 0 fully saturated rings. The minimum Gasteiger partial charge on any atom is -0.478 e. The van der Waals surface area contributed by atoms with Crippen molar-refractivity contribution in [3.63, 3.8) is 0 Å². The second-order valence-electron chi connectivity index (χ2n) is 6.67. The normalized spacial score (nSPS) is 11.7. The maximum absolute atomic E-state index is 12.8. The van der Waals surface area contributed by atoms with Crippen LogP contribution in [0.2, 0.25) is 20.1 Å². The van der Waals surface area contributed by atoms with Gasteiger partial charge in [0.2, 0.25) is 11.0 Å². The fourth-order valence-corrected chi connectivity index (χ4v) is 5.15. The Morgan fingerprint density at radius 3 is 2.06 bits per heavy atom. The minimum absolute atomic E-state index is 0.230. The molecular weight excluding hydrogens is 566 g/mol. The predicted octanol–water partition coefficient (Wildman–Crippen LogP) is 6.53. The van der Waals surface area contributed by atoms with Crippen molar-refractivity contribution >= 4 is 98.1 Å². The maximum atomic E-state index is 12.8. The molecule has 0 aliphatic rings. The molecule has 178 valence electrons. The Morgan fingerprint density at radius 1 is 0.941 bits per heavy atom. The first kappa shape index (κ1) is 26.5. The molecule has 1 unspecified atom stereocenters. The van der Waals surface area contributed by atoms with Crippen molar-refractivity contribution < 1.29 is 19.5 Å². The summed E-state index contributed by atoms with van der Waals surface area (Å²) in [6.45, 7) is 3.53. The van der Waals surface area contributed by atoms with Crippen LogP contribution in [-0.2, 0) is 4.79 Å². The van der Waals surface area contributed by atoms with Gasteiger partial charge < -0.3 is 10.4 Å². The molecule has 3 N–H and O–H groups in total. The van der Waals surface area contributed by atoms with Crippen LogP contribution >= 0.6 is 69.5 Å². The Hall–Kier alpha value is -2.08. The van der Waals surface area contributed by atoms with Gasteiger partial charge in [0.15, 0.2) is 0 Å². The first-order valence-electron chi connectivity index (χ1n) is 9.27. The van der Waals surface area contributed by atoms with Gasteiger partial charge in [-0.05, 0) is 38.1 Å². The van der Waals surface area contributed by atoms with E-state index in [1.807, 2.05) is 0 Å². The van der Waals surface area contributed by atoms with Crippen LogP contribution in [0.3, 0.4) is 0 Å². The number of aryl methyl sites for hydroxylation is 1. The molecule has 3 rings (SSSR count). The lowest BCUT2D eigenvalue weighted by Gasteiger charge is -2.14. The number of hydrogen-bond acceptors (Lipinski definition) is 7. The van der Waals surface area contributed by atoms with Gasteiger partial charge in [-0.15, -0.1) is 22.0 Å². The van der Waals surface area contributed by atoms with E-state index in [4.69, 9.17) is 46.4 Å². The number of nitrogens with one attached hydrogen (secondary N) is 2. The van der Waals surface area contributed by atoms with Crippen molar-refractivity contribution in [2.75, 3.05) is 10.6 Å². The van der Waals surface area contributed by atoms with Crippen LogP contribution in [0.1, 0.15) is 32.6 Å². The van der Waals surface area contributed by atoms with Crippen LogP contribution in [0.15, 0.2) is 29.2 Å². The molecule has 34 heavy (non-hydrogen) atoms. The number of amides is 2. The van der Waals surface area contributed by atoms with E-state index in [0.717, 1.165) is 9.90 Å². The van der Waals surface area contributed by atoms with E-state index in [2.05, 4.69) is 20.8 Å². The summed E-state index contributed by atoms with van der Waals surface area (Å²) in [5.74, 6) is -2.55. The fourth-order valence-electron chi connectivity index (χ4n) is 2.67. The Bertz CT molecular complexity index is 1280. The molecular formula is C20H14Cl4N4O4S2. The lowest BCUT2D eigenvalue weighted by atomic mass is 10.1. The van der Waals surface area contributed by atoms with Crippen molar-refractivity contribution in [1.29, 1.82) is 0 Å². The Labute approximate surface area is 221 Å². The number of benzene rings is 2. The van der Waals surface area contributed by atoms with Crippen LogP contribution in [0, 0.1) is 6.92 Å². The Kier molecular flexibility index (Phi) is 8.66. The third-order valence-electron chi connectivity index (χ3n) is 4.26. The molecule has 2 aromatic carbocycles. The number of carbonyl (C=O) groups excluding carboxylic acids is 2. The average molecular weight is 580 g/mol. The van der Waals surface area contributed by atoms with Crippen molar-refractivity contribution in [2.45, 2.75) is 24.0 Å². The standard InChI is InChI=1S/C20H14Cl4N4O4S2/c1-7(17(29)26-20-28-27-8(2)34-20)33-10-5-3-9(4-6-10)25-18(30)11-12(19(31)32)14(22)16(24)15(23)13(11)21/h3-7H,1-2H3,(H,25,30)(H,31,32)(H,26,28,29). The summed E-state index contributed by atoms with van der Waals surface area (Å²) in [6.07, 6.45) is 0. The van der Waals surface area contributed by atoms with Gasteiger partial charge in [0.1, 0.15) is 5.01 Å². The summed E-state index contributed by atoms with van der Waals surface area (Å²) in [7, 11) is 0. The summed E-state index contributed by atoms with van der Waals surface area (Å²) >= 11 is 26.6. The monoisotopic (exact) mass is 578 g/mol. The highest BCUT2D eigenvalue weighted by Gasteiger charge is 2.29. The van der Waals surface area contributed by atoms with Crippen molar-refractivity contribution in [3.05, 3.63) is 60.5 Å². The first-order chi connectivity index (χ1) is 16.0. The lowest BCUT2D eigenvalue weighted by Crippen LogP contribution is -2.22. The average Bonchev–Trinajstić information content (AvgIpc) is 3.19. The van der Waals surface area contributed by atoms with E-state index in [-0.39, 0.29) is 21.0 Å². The summed E-state index contributed by atoms with van der Waals surface area (Å²) < 4.78 is 0. The van der Waals surface area contributed by atoms with Gasteiger partial charge in [0.05, 0.1) is 36.5 Å². The van der Waals surface area contributed by atoms with Crippen LogP contribution in [0.25, 0.3) is 0 Å². The number of rotatable bonds is 7. The Morgan fingerprint density at radius 2 is 1.53 bits per heavy atom. The molecule has 1 atom stereocenters. The van der Waals surface area contributed by atoms with Crippen LogP contribution in [-0.4, -0.2) is 38.3 Å². The van der Waals surface area contributed by atoms with Gasteiger partial charge in [-0.2, -0.15) is 0 Å². The SMILES string of the molecule is Cc1nnc(NC(=O)C(C)Sc2ccc(NC(=O)c3c(Cl)c(Cl)c(Cl)c(Cl)c3C(=O)O)cc2)s1. The number of nitrogens with zero attached hydrogens (tertiary/aromatic N) is 2. The van der Waals surface area contributed by atoms with Gasteiger partial charge in [-0.1, -0.05) is 57.7 Å². The van der Waals surface area contributed by atoms with Gasteiger partial charge in [0, 0.05) is 10.6 Å². The molecule has 3 aromatic rings. The highest BCUT2D eigenvalue weighted by Crippen LogP contribution is 2.42. The number of aromatic nitrogens is 2. The molecule has 8 nitrogen and oxygen atoms in total.